The van der Waals surface area contributed by atoms with E-state index in [0.29, 0.717) is 5.82 Å². The normalized spacial score (nSPS) is 10.5. The van der Waals surface area contributed by atoms with Gasteiger partial charge in [0.25, 0.3) is 0 Å². The van der Waals surface area contributed by atoms with Gasteiger partial charge >= 0.3 is 0 Å². The van der Waals surface area contributed by atoms with Crippen molar-refractivity contribution < 1.29 is 13.6 Å². The van der Waals surface area contributed by atoms with Crippen molar-refractivity contribution in [3.05, 3.63) is 53.6 Å². The van der Waals surface area contributed by atoms with E-state index in [2.05, 4.69) is 10.3 Å². The Morgan fingerprint density at radius 3 is 2.84 bits per heavy atom. The predicted molar refractivity (Wildman–Crippen MR) is 65.1 cm³/mol. The molecule has 100 valence electrons. The molecular formula is C13H13F2N3O. The summed E-state index contributed by atoms with van der Waals surface area (Å²) >= 11 is 0. The van der Waals surface area contributed by atoms with Gasteiger partial charge in [0.1, 0.15) is 17.5 Å². The van der Waals surface area contributed by atoms with Crippen molar-refractivity contribution in [1.82, 2.24) is 14.9 Å². The second-order valence-corrected chi connectivity index (χ2v) is 4.14. The Morgan fingerprint density at radius 1 is 1.42 bits per heavy atom. The number of carbonyl (C=O) groups excluding carboxylic acids is 1. The summed E-state index contributed by atoms with van der Waals surface area (Å²) in [5, 5.41) is 2.63. The van der Waals surface area contributed by atoms with Crippen LogP contribution in [0.5, 0.6) is 0 Å². The van der Waals surface area contributed by atoms with Crippen molar-refractivity contribution in [2.45, 2.75) is 13.0 Å². The summed E-state index contributed by atoms with van der Waals surface area (Å²) in [5.74, 6) is -1.01. The number of benzene rings is 1. The van der Waals surface area contributed by atoms with E-state index in [4.69, 9.17) is 0 Å². The molecule has 1 aromatic heterocycles. The highest BCUT2D eigenvalue weighted by Gasteiger charge is 2.09. The van der Waals surface area contributed by atoms with Gasteiger partial charge in [-0.2, -0.15) is 0 Å². The number of nitrogens with zero attached hydrogens (tertiary/aromatic N) is 2. The number of aromatic nitrogens is 2. The third-order valence-corrected chi connectivity index (χ3v) is 2.73. The van der Waals surface area contributed by atoms with Crippen molar-refractivity contribution in [2.24, 2.45) is 7.05 Å². The smallest absolute Gasteiger partial charge is 0.224 e. The van der Waals surface area contributed by atoms with Crippen molar-refractivity contribution in [3.63, 3.8) is 0 Å². The second kappa shape index (κ2) is 5.60. The SMILES string of the molecule is Cn1ccnc1CNC(=O)Cc1ccc(F)cc1F. The van der Waals surface area contributed by atoms with Crippen molar-refractivity contribution in [3.8, 4) is 0 Å². The molecule has 1 amide bonds. The fourth-order valence-electron chi connectivity index (χ4n) is 1.64. The van der Waals surface area contributed by atoms with Crippen molar-refractivity contribution in [2.75, 3.05) is 0 Å². The molecule has 4 nitrogen and oxygen atoms in total. The summed E-state index contributed by atoms with van der Waals surface area (Å²) < 4.78 is 27.8. The van der Waals surface area contributed by atoms with E-state index in [1.165, 1.54) is 6.07 Å². The molecule has 0 atom stereocenters. The molecule has 0 fully saturated rings. The largest absolute Gasteiger partial charge is 0.349 e. The molecule has 0 radical (unpaired) electrons. The molecule has 0 saturated heterocycles. The lowest BCUT2D eigenvalue weighted by molar-refractivity contribution is -0.120. The Hall–Kier alpha value is -2.24. The second-order valence-electron chi connectivity index (χ2n) is 4.14. The van der Waals surface area contributed by atoms with Crippen LogP contribution in [0.1, 0.15) is 11.4 Å². The first-order valence-electron chi connectivity index (χ1n) is 5.73. The van der Waals surface area contributed by atoms with Crippen LogP contribution in [0.3, 0.4) is 0 Å². The number of aryl methyl sites for hydroxylation is 1. The van der Waals surface area contributed by atoms with Crippen molar-refractivity contribution in [1.29, 1.82) is 0 Å². The number of hydrogen-bond donors (Lipinski definition) is 1. The van der Waals surface area contributed by atoms with E-state index < -0.39 is 11.6 Å². The van der Waals surface area contributed by atoms with Gasteiger partial charge in [0, 0.05) is 25.5 Å². The van der Waals surface area contributed by atoms with Gasteiger partial charge < -0.3 is 9.88 Å². The number of amides is 1. The zero-order valence-corrected chi connectivity index (χ0v) is 10.4. The fraction of sp³-hybridized carbons (Fsp3) is 0.231. The summed E-state index contributed by atoms with van der Waals surface area (Å²) in [6, 6.07) is 3.16. The van der Waals surface area contributed by atoms with Crippen LogP contribution in [0.4, 0.5) is 8.78 Å². The lowest BCUT2D eigenvalue weighted by Gasteiger charge is -2.06. The van der Waals surface area contributed by atoms with E-state index in [1.807, 2.05) is 7.05 Å². The third kappa shape index (κ3) is 3.37. The van der Waals surface area contributed by atoms with E-state index in [-0.39, 0.29) is 24.4 Å². The first-order chi connectivity index (χ1) is 9.06. The van der Waals surface area contributed by atoms with Crippen molar-refractivity contribution >= 4 is 5.91 Å². The Kier molecular flexibility index (Phi) is 3.89. The zero-order valence-electron chi connectivity index (χ0n) is 10.4. The molecule has 6 heteroatoms. The molecular weight excluding hydrogens is 252 g/mol. The summed E-state index contributed by atoms with van der Waals surface area (Å²) in [6.07, 6.45) is 3.26. The molecule has 2 aromatic rings. The Bertz CT molecular complexity index is 595. The topological polar surface area (TPSA) is 46.9 Å². The van der Waals surface area contributed by atoms with Crippen LogP contribution >= 0.6 is 0 Å². The van der Waals surface area contributed by atoms with Gasteiger partial charge in [-0.05, 0) is 11.6 Å². The van der Waals surface area contributed by atoms with Gasteiger partial charge in [-0.3, -0.25) is 4.79 Å². The Balaban J connectivity index is 1.93. The maximum absolute atomic E-state index is 13.4. The molecule has 0 aliphatic heterocycles. The molecule has 1 N–H and O–H groups in total. The average molecular weight is 265 g/mol. The summed E-state index contributed by atoms with van der Waals surface area (Å²) in [4.78, 5) is 15.7. The minimum Gasteiger partial charge on any atom is -0.349 e. The van der Waals surface area contributed by atoms with E-state index >= 15 is 0 Å². The molecule has 0 bridgehead atoms. The lowest BCUT2D eigenvalue weighted by atomic mass is 10.1. The van der Waals surface area contributed by atoms with Crippen LogP contribution in [-0.4, -0.2) is 15.5 Å². The van der Waals surface area contributed by atoms with Crippen LogP contribution in [0.25, 0.3) is 0 Å². The lowest BCUT2D eigenvalue weighted by Crippen LogP contribution is -2.26. The molecule has 0 saturated carbocycles. The van der Waals surface area contributed by atoms with Crippen LogP contribution in [-0.2, 0) is 24.8 Å². The van der Waals surface area contributed by atoms with E-state index in [0.717, 1.165) is 12.1 Å². The first-order valence-corrected chi connectivity index (χ1v) is 5.73. The van der Waals surface area contributed by atoms with Gasteiger partial charge in [0.15, 0.2) is 0 Å². The molecule has 19 heavy (non-hydrogen) atoms. The molecule has 2 rings (SSSR count). The van der Waals surface area contributed by atoms with E-state index in [9.17, 15) is 13.6 Å². The molecule has 0 spiro atoms. The molecule has 0 aliphatic rings. The number of imidazole rings is 1. The zero-order chi connectivity index (χ0) is 13.8. The van der Waals surface area contributed by atoms with E-state index in [1.54, 1.807) is 17.0 Å². The van der Waals surface area contributed by atoms with Gasteiger partial charge in [-0.1, -0.05) is 6.07 Å². The predicted octanol–water partition coefficient (Wildman–Crippen LogP) is 1.56. The number of nitrogens with one attached hydrogen (secondary N) is 1. The van der Waals surface area contributed by atoms with Gasteiger partial charge in [0.2, 0.25) is 5.91 Å². The van der Waals surface area contributed by atoms with Gasteiger partial charge in [0.05, 0.1) is 13.0 Å². The fourth-order valence-corrected chi connectivity index (χ4v) is 1.64. The maximum atomic E-state index is 13.4. The van der Waals surface area contributed by atoms with Crippen LogP contribution in [0.2, 0.25) is 0 Å². The number of halogens is 2. The Labute approximate surface area is 109 Å². The average Bonchev–Trinajstić information content (AvgIpc) is 2.76. The summed E-state index contributed by atoms with van der Waals surface area (Å²) in [5.41, 5.74) is 0.166. The van der Waals surface area contributed by atoms with Gasteiger partial charge in [-0.15, -0.1) is 0 Å². The summed E-state index contributed by atoms with van der Waals surface area (Å²) in [6.45, 7) is 0.269. The summed E-state index contributed by atoms with van der Waals surface area (Å²) in [7, 11) is 1.81. The minimum absolute atomic E-state index is 0.128. The number of carbonyl (C=O) groups is 1. The van der Waals surface area contributed by atoms with Gasteiger partial charge in [-0.25, -0.2) is 13.8 Å². The highest BCUT2D eigenvalue weighted by molar-refractivity contribution is 5.78. The first kappa shape index (κ1) is 13.2. The standard InChI is InChI=1S/C13H13F2N3O/c1-18-5-4-16-12(18)8-17-13(19)6-9-2-3-10(14)7-11(9)15/h2-5,7H,6,8H2,1H3,(H,17,19). The monoisotopic (exact) mass is 265 g/mol. The third-order valence-electron chi connectivity index (χ3n) is 2.73. The highest BCUT2D eigenvalue weighted by Crippen LogP contribution is 2.10. The number of hydrogen-bond acceptors (Lipinski definition) is 2. The van der Waals surface area contributed by atoms with Crippen LogP contribution < -0.4 is 5.32 Å². The molecule has 0 aliphatic carbocycles. The number of rotatable bonds is 4. The maximum Gasteiger partial charge on any atom is 0.224 e. The molecule has 0 unspecified atom stereocenters. The van der Waals surface area contributed by atoms with Crippen LogP contribution in [0.15, 0.2) is 30.6 Å². The minimum atomic E-state index is -0.716. The molecule has 1 heterocycles. The quantitative estimate of drug-likeness (QED) is 0.912. The Morgan fingerprint density at radius 2 is 2.21 bits per heavy atom. The molecule has 1 aromatic carbocycles. The van der Waals surface area contributed by atoms with Crippen LogP contribution in [0, 0.1) is 11.6 Å². The highest BCUT2D eigenvalue weighted by atomic mass is 19.1.